The van der Waals surface area contributed by atoms with Crippen LogP contribution in [-0.4, -0.2) is 54.6 Å². The lowest BCUT2D eigenvalue weighted by atomic mass is 10.0. The highest BCUT2D eigenvalue weighted by atomic mass is 127. The Hall–Kier alpha value is -0.470. The van der Waals surface area contributed by atoms with Gasteiger partial charge in [-0.2, -0.15) is 11.8 Å². The van der Waals surface area contributed by atoms with Crippen molar-refractivity contribution in [3.8, 4) is 0 Å². The van der Waals surface area contributed by atoms with Crippen molar-refractivity contribution < 1.29 is 0 Å². The minimum Gasteiger partial charge on any atom is -0.355 e. The zero-order valence-electron chi connectivity index (χ0n) is 15.9. The Morgan fingerprint density at radius 1 is 1.32 bits per heavy atom. The van der Waals surface area contributed by atoms with E-state index in [1.807, 2.05) is 18.8 Å². The molecule has 1 aromatic carbocycles. The Bertz CT molecular complexity index is 521. The van der Waals surface area contributed by atoms with Gasteiger partial charge in [0.2, 0.25) is 0 Å². The molecule has 1 aromatic rings. The minimum atomic E-state index is 0. The molecule has 0 saturated carbocycles. The zero-order chi connectivity index (χ0) is 17.4. The van der Waals surface area contributed by atoms with Crippen LogP contribution in [0.2, 0.25) is 0 Å². The Labute approximate surface area is 174 Å². The highest BCUT2D eigenvalue weighted by molar-refractivity contribution is 14.0. The third kappa shape index (κ3) is 8.17. The molecule has 4 nitrogen and oxygen atoms in total. The Balaban J connectivity index is 0.00000312. The van der Waals surface area contributed by atoms with Crippen molar-refractivity contribution in [2.45, 2.75) is 44.0 Å². The molecule has 1 fully saturated rings. The summed E-state index contributed by atoms with van der Waals surface area (Å²) in [5, 5.41) is 7.08. The third-order valence-corrected chi connectivity index (χ3v) is 5.80. The van der Waals surface area contributed by atoms with E-state index in [4.69, 9.17) is 0 Å². The maximum Gasteiger partial charge on any atom is 0.191 e. The Morgan fingerprint density at radius 3 is 2.68 bits per heavy atom. The van der Waals surface area contributed by atoms with Crippen LogP contribution in [0.5, 0.6) is 0 Å². The fraction of sp³-hybridized carbons (Fsp3) is 0.632. The second-order valence-electron chi connectivity index (χ2n) is 7.09. The molecule has 1 unspecified atom stereocenters. The normalized spacial score (nSPS) is 19.2. The van der Waals surface area contributed by atoms with Gasteiger partial charge in [0.1, 0.15) is 0 Å². The van der Waals surface area contributed by atoms with Gasteiger partial charge in [-0.15, -0.1) is 24.0 Å². The van der Waals surface area contributed by atoms with Gasteiger partial charge < -0.3 is 10.6 Å². The van der Waals surface area contributed by atoms with Crippen molar-refractivity contribution >= 4 is 41.7 Å². The van der Waals surface area contributed by atoms with Crippen LogP contribution in [0.1, 0.15) is 32.3 Å². The molecule has 0 spiro atoms. The van der Waals surface area contributed by atoms with E-state index in [1.165, 1.54) is 24.9 Å². The second-order valence-corrected chi connectivity index (χ2v) is 8.61. The number of nitrogens with one attached hydrogen (secondary N) is 2. The van der Waals surface area contributed by atoms with E-state index in [0.29, 0.717) is 6.04 Å². The van der Waals surface area contributed by atoms with Crippen molar-refractivity contribution in [1.82, 2.24) is 15.5 Å². The number of benzene rings is 1. The van der Waals surface area contributed by atoms with Gasteiger partial charge in [-0.3, -0.25) is 9.89 Å². The van der Waals surface area contributed by atoms with Crippen LogP contribution in [0.4, 0.5) is 0 Å². The van der Waals surface area contributed by atoms with Crippen LogP contribution in [0, 0.1) is 0 Å². The van der Waals surface area contributed by atoms with Crippen molar-refractivity contribution in [3.05, 3.63) is 35.9 Å². The first-order valence-electron chi connectivity index (χ1n) is 8.81. The maximum atomic E-state index is 4.40. The number of piperidine rings is 1. The van der Waals surface area contributed by atoms with Gasteiger partial charge in [0, 0.05) is 37.5 Å². The number of rotatable bonds is 6. The summed E-state index contributed by atoms with van der Waals surface area (Å²) in [6.45, 7) is 8.69. The number of hydrogen-bond acceptors (Lipinski definition) is 3. The molecule has 1 saturated heterocycles. The number of nitrogens with zero attached hydrogens (tertiary/aromatic N) is 2. The number of thioether (sulfide) groups is 1. The SMILES string of the molecule is CN=C(NCC(C)(C)SC)NC1CCCN(Cc2ccccc2)C1.I. The molecule has 0 aromatic heterocycles. The lowest BCUT2D eigenvalue weighted by molar-refractivity contribution is 0.192. The summed E-state index contributed by atoms with van der Waals surface area (Å²) in [6, 6.07) is 11.2. The molecule has 1 heterocycles. The van der Waals surface area contributed by atoms with Crippen molar-refractivity contribution in [3.63, 3.8) is 0 Å². The summed E-state index contributed by atoms with van der Waals surface area (Å²) in [6.07, 6.45) is 4.59. The topological polar surface area (TPSA) is 39.7 Å². The van der Waals surface area contributed by atoms with Crippen molar-refractivity contribution in [2.24, 2.45) is 4.99 Å². The number of likely N-dealkylation sites (tertiary alicyclic amines) is 1. The molecule has 0 aliphatic carbocycles. The molecule has 142 valence electrons. The minimum absolute atomic E-state index is 0. The molecule has 0 radical (unpaired) electrons. The van der Waals surface area contributed by atoms with Gasteiger partial charge in [-0.05, 0) is 45.1 Å². The summed E-state index contributed by atoms with van der Waals surface area (Å²) in [7, 11) is 1.85. The summed E-state index contributed by atoms with van der Waals surface area (Å²) in [5.41, 5.74) is 1.39. The zero-order valence-corrected chi connectivity index (χ0v) is 19.1. The van der Waals surface area contributed by atoms with E-state index in [9.17, 15) is 0 Å². The Morgan fingerprint density at radius 2 is 2.04 bits per heavy atom. The average Bonchev–Trinajstić information content (AvgIpc) is 2.60. The van der Waals surface area contributed by atoms with Gasteiger partial charge in [0.05, 0.1) is 0 Å². The first-order chi connectivity index (χ1) is 11.5. The molecule has 0 amide bonds. The number of halogens is 1. The summed E-state index contributed by atoms with van der Waals surface area (Å²) < 4.78 is 0.212. The molecule has 1 aliphatic heterocycles. The number of aliphatic imine (C=N–C) groups is 1. The van der Waals surface area contributed by atoms with Crippen LogP contribution >= 0.6 is 35.7 Å². The summed E-state index contributed by atoms with van der Waals surface area (Å²) in [5.74, 6) is 0.920. The quantitative estimate of drug-likeness (QED) is 0.374. The third-order valence-electron chi connectivity index (χ3n) is 4.55. The number of guanidine groups is 1. The average molecular weight is 476 g/mol. The van der Waals surface area contributed by atoms with Crippen molar-refractivity contribution in [1.29, 1.82) is 0 Å². The molecule has 2 rings (SSSR count). The van der Waals surface area contributed by atoms with Crippen LogP contribution in [0.3, 0.4) is 0 Å². The van der Waals surface area contributed by atoms with Crippen molar-refractivity contribution in [2.75, 3.05) is 32.9 Å². The van der Waals surface area contributed by atoms with Gasteiger partial charge in [-0.1, -0.05) is 30.3 Å². The fourth-order valence-corrected chi connectivity index (χ4v) is 3.13. The first-order valence-corrected chi connectivity index (χ1v) is 10.0. The van der Waals surface area contributed by atoms with E-state index in [2.05, 4.69) is 71.0 Å². The molecule has 1 aliphatic rings. The van der Waals surface area contributed by atoms with Gasteiger partial charge in [0.25, 0.3) is 0 Å². The predicted molar refractivity (Wildman–Crippen MR) is 122 cm³/mol. The highest BCUT2D eigenvalue weighted by Crippen LogP contribution is 2.19. The lowest BCUT2D eigenvalue weighted by Gasteiger charge is -2.34. The molecule has 0 bridgehead atoms. The standard InChI is InChI=1S/C19H32N4S.HI/c1-19(2,24-4)15-21-18(20-3)22-17-11-8-12-23(14-17)13-16-9-6-5-7-10-16;/h5-7,9-10,17H,8,11-15H2,1-4H3,(H2,20,21,22);1H. The van der Waals surface area contributed by atoms with Crippen LogP contribution in [-0.2, 0) is 6.54 Å². The van der Waals surface area contributed by atoms with Gasteiger partial charge >= 0.3 is 0 Å². The van der Waals surface area contributed by atoms with E-state index in [1.54, 1.807) is 0 Å². The van der Waals surface area contributed by atoms with E-state index in [0.717, 1.165) is 25.6 Å². The van der Waals surface area contributed by atoms with E-state index in [-0.39, 0.29) is 28.7 Å². The van der Waals surface area contributed by atoms with Crippen LogP contribution in [0.15, 0.2) is 35.3 Å². The first kappa shape index (κ1) is 22.6. The number of hydrogen-bond donors (Lipinski definition) is 2. The van der Waals surface area contributed by atoms with Crippen LogP contribution < -0.4 is 10.6 Å². The van der Waals surface area contributed by atoms with E-state index < -0.39 is 0 Å². The Kier molecular flexibility index (Phi) is 10.2. The molecular weight excluding hydrogens is 443 g/mol. The maximum absolute atomic E-state index is 4.40. The molecule has 2 N–H and O–H groups in total. The monoisotopic (exact) mass is 476 g/mol. The van der Waals surface area contributed by atoms with Gasteiger partial charge in [-0.25, -0.2) is 0 Å². The largest absolute Gasteiger partial charge is 0.355 e. The molecule has 1 atom stereocenters. The molecular formula is C19H33IN4S. The smallest absolute Gasteiger partial charge is 0.191 e. The van der Waals surface area contributed by atoms with Crippen LogP contribution in [0.25, 0.3) is 0 Å². The van der Waals surface area contributed by atoms with E-state index >= 15 is 0 Å². The predicted octanol–water partition coefficient (Wildman–Crippen LogP) is 3.58. The lowest BCUT2D eigenvalue weighted by Crippen LogP contribution is -2.52. The molecule has 6 heteroatoms. The summed E-state index contributed by atoms with van der Waals surface area (Å²) in [4.78, 5) is 6.93. The highest BCUT2D eigenvalue weighted by Gasteiger charge is 2.22. The molecule has 25 heavy (non-hydrogen) atoms. The summed E-state index contributed by atoms with van der Waals surface area (Å²) >= 11 is 1.87. The van der Waals surface area contributed by atoms with Gasteiger partial charge in [0.15, 0.2) is 5.96 Å². The second kappa shape index (κ2) is 11.3. The fourth-order valence-electron chi connectivity index (χ4n) is 2.92.